The standard InChI is InChI=1S/C10H19NO3/c1-3-9(10(13)14)4-6-11-8(2)5-7-12/h4,8,11-12H,3,5-7H2,1-2H3,(H,13,14). The molecule has 0 fully saturated rings. The fourth-order valence-corrected chi connectivity index (χ4v) is 1.06. The summed E-state index contributed by atoms with van der Waals surface area (Å²) in [5.74, 6) is -0.857. The van der Waals surface area contributed by atoms with Crippen molar-refractivity contribution in [2.45, 2.75) is 32.7 Å². The SMILES string of the molecule is CCC(=CCNC(C)CCO)C(=O)O. The Hall–Kier alpha value is -0.870. The van der Waals surface area contributed by atoms with Gasteiger partial charge >= 0.3 is 5.97 Å². The van der Waals surface area contributed by atoms with Crippen LogP contribution in [0.1, 0.15) is 26.7 Å². The summed E-state index contributed by atoms with van der Waals surface area (Å²) in [7, 11) is 0. The first-order valence-corrected chi connectivity index (χ1v) is 4.88. The van der Waals surface area contributed by atoms with Gasteiger partial charge in [0.25, 0.3) is 0 Å². The molecule has 4 heteroatoms. The van der Waals surface area contributed by atoms with Crippen LogP contribution in [0.4, 0.5) is 0 Å². The zero-order valence-corrected chi connectivity index (χ0v) is 8.79. The lowest BCUT2D eigenvalue weighted by atomic mass is 10.2. The van der Waals surface area contributed by atoms with Crippen LogP contribution in [-0.4, -0.2) is 35.4 Å². The highest BCUT2D eigenvalue weighted by molar-refractivity contribution is 5.86. The van der Waals surface area contributed by atoms with Crippen molar-refractivity contribution in [3.63, 3.8) is 0 Å². The summed E-state index contributed by atoms with van der Waals surface area (Å²) in [6, 6.07) is 0.211. The molecule has 0 amide bonds. The maximum atomic E-state index is 10.6. The lowest BCUT2D eigenvalue weighted by Gasteiger charge is -2.10. The van der Waals surface area contributed by atoms with Crippen LogP contribution in [0.3, 0.4) is 0 Å². The Morgan fingerprint density at radius 3 is 2.64 bits per heavy atom. The minimum absolute atomic E-state index is 0.150. The minimum atomic E-state index is -0.857. The summed E-state index contributed by atoms with van der Waals surface area (Å²) < 4.78 is 0. The van der Waals surface area contributed by atoms with Crippen LogP contribution in [-0.2, 0) is 4.79 Å². The van der Waals surface area contributed by atoms with Gasteiger partial charge in [0.1, 0.15) is 0 Å². The number of carboxylic acid groups (broad SMARTS) is 1. The topological polar surface area (TPSA) is 69.6 Å². The van der Waals surface area contributed by atoms with E-state index >= 15 is 0 Å². The van der Waals surface area contributed by atoms with E-state index < -0.39 is 5.97 Å². The number of carboxylic acids is 1. The predicted molar refractivity (Wildman–Crippen MR) is 55.2 cm³/mol. The Bertz CT molecular complexity index is 202. The van der Waals surface area contributed by atoms with E-state index in [1.54, 1.807) is 6.08 Å². The van der Waals surface area contributed by atoms with Crippen molar-refractivity contribution in [1.29, 1.82) is 0 Å². The molecule has 0 heterocycles. The highest BCUT2D eigenvalue weighted by Crippen LogP contribution is 1.99. The molecule has 0 radical (unpaired) electrons. The first-order valence-electron chi connectivity index (χ1n) is 4.88. The molecule has 0 aliphatic rings. The molecule has 4 nitrogen and oxygen atoms in total. The Balaban J connectivity index is 3.84. The van der Waals surface area contributed by atoms with Gasteiger partial charge in [-0.25, -0.2) is 4.79 Å². The summed E-state index contributed by atoms with van der Waals surface area (Å²) >= 11 is 0. The van der Waals surface area contributed by atoms with Crippen LogP contribution in [0.15, 0.2) is 11.6 Å². The molecule has 82 valence electrons. The molecule has 0 bridgehead atoms. The maximum absolute atomic E-state index is 10.6. The number of hydrogen-bond acceptors (Lipinski definition) is 3. The van der Waals surface area contributed by atoms with Gasteiger partial charge in [-0.3, -0.25) is 0 Å². The van der Waals surface area contributed by atoms with Crippen molar-refractivity contribution in [3.05, 3.63) is 11.6 Å². The molecule has 0 aliphatic carbocycles. The number of nitrogens with one attached hydrogen (secondary N) is 1. The summed E-state index contributed by atoms with van der Waals surface area (Å²) in [4.78, 5) is 10.6. The van der Waals surface area contributed by atoms with E-state index in [1.807, 2.05) is 13.8 Å². The molecule has 0 aromatic carbocycles. The second kappa shape index (κ2) is 7.53. The molecule has 0 aromatic rings. The van der Waals surface area contributed by atoms with Crippen molar-refractivity contribution in [3.8, 4) is 0 Å². The number of carbonyl (C=O) groups is 1. The van der Waals surface area contributed by atoms with Crippen molar-refractivity contribution < 1.29 is 15.0 Å². The Kier molecular flexibility index (Phi) is 7.06. The van der Waals surface area contributed by atoms with Gasteiger partial charge in [-0.15, -0.1) is 0 Å². The van der Waals surface area contributed by atoms with Crippen LogP contribution in [0, 0.1) is 0 Å². The summed E-state index contributed by atoms with van der Waals surface area (Å²) in [6.45, 7) is 4.46. The normalized spacial score (nSPS) is 14.1. The largest absolute Gasteiger partial charge is 0.478 e. The Morgan fingerprint density at radius 2 is 2.21 bits per heavy atom. The first kappa shape index (κ1) is 13.1. The predicted octanol–water partition coefficient (Wildman–Crippen LogP) is 0.768. The van der Waals surface area contributed by atoms with E-state index in [0.717, 1.165) is 0 Å². The van der Waals surface area contributed by atoms with Gasteiger partial charge in [0.2, 0.25) is 0 Å². The van der Waals surface area contributed by atoms with Crippen LogP contribution >= 0.6 is 0 Å². The van der Waals surface area contributed by atoms with E-state index in [9.17, 15) is 4.79 Å². The van der Waals surface area contributed by atoms with E-state index in [0.29, 0.717) is 25.0 Å². The highest BCUT2D eigenvalue weighted by atomic mass is 16.4. The summed E-state index contributed by atoms with van der Waals surface area (Å²) in [6.07, 6.45) is 2.89. The first-order chi connectivity index (χ1) is 6.61. The van der Waals surface area contributed by atoms with E-state index in [-0.39, 0.29) is 12.6 Å². The average Bonchev–Trinajstić information content (AvgIpc) is 2.12. The van der Waals surface area contributed by atoms with Gasteiger partial charge < -0.3 is 15.5 Å². The van der Waals surface area contributed by atoms with Crippen molar-refractivity contribution in [1.82, 2.24) is 5.32 Å². The lowest BCUT2D eigenvalue weighted by molar-refractivity contribution is -0.132. The van der Waals surface area contributed by atoms with Gasteiger partial charge in [-0.1, -0.05) is 13.0 Å². The number of aliphatic carboxylic acids is 1. The molecule has 0 rings (SSSR count). The molecule has 14 heavy (non-hydrogen) atoms. The third-order valence-corrected chi connectivity index (χ3v) is 2.03. The number of aliphatic hydroxyl groups is 1. The van der Waals surface area contributed by atoms with Gasteiger partial charge in [-0.2, -0.15) is 0 Å². The summed E-state index contributed by atoms with van der Waals surface area (Å²) in [5.41, 5.74) is 0.425. The van der Waals surface area contributed by atoms with E-state index in [4.69, 9.17) is 10.2 Å². The van der Waals surface area contributed by atoms with Gasteiger partial charge in [0.05, 0.1) is 0 Å². The summed E-state index contributed by atoms with van der Waals surface area (Å²) in [5, 5.41) is 20.4. The molecule has 0 aromatic heterocycles. The lowest BCUT2D eigenvalue weighted by Crippen LogP contribution is -2.27. The van der Waals surface area contributed by atoms with Crippen molar-refractivity contribution >= 4 is 5.97 Å². The Labute approximate surface area is 84.6 Å². The molecule has 0 saturated heterocycles. The Morgan fingerprint density at radius 1 is 1.57 bits per heavy atom. The molecule has 1 atom stereocenters. The highest BCUT2D eigenvalue weighted by Gasteiger charge is 2.03. The molecular formula is C10H19NO3. The third-order valence-electron chi connectivity index (χ3n) is 2.03. The van der Waals surface area contributed by atoms with Crippen LogP contribution < -0.4 is 5.32 Å². The molecular weight excluding hydrogens is 182 g/mol. The molecule has 0 saturated carbocycles. The number of hydrogen-bond donors (Lipinski definition) is 3. The van der Waals surface area contributed by atoms with Gasteiger partial charge in [-0.05, 0) is 19.8 Å². The van der Waals surface area contributed by atoms with Crippen LogP contribution in [0.5, 0.6) is 0 Å². The number of rotatable bonds is 7. The second-order valence-corrected chi connectivity index (χ2v) is 3.21. The third kappa shape index (κ3) is 5.72. The molecule has 3 N–H and O–H groups in total. The quantitative estimate of drug-likeness (QED) is 0.532. The number of aliphatic hydroxyl groups excluding tert-OH is 1. The van der Waals surface area contributed by atoms with Gasteiger partial charge in [0, 0.05) is 24.8 Å². The maximum Gasteiger partial charge on any atom is 0.331 e. The van der Waals surface area contributed by atoms with Crippen LogP contribution in [0.25, 0.3) is 0 Å². The zero-order valence-electron chi connectivity index (χ0n) is 8.79. The van der Waals surface area contributed by atoms with Crippen LogP contribution in [0.2, 0.25) is 0 Å². The fraction of sp³-hybridized carbons (Fsp3) is 0.700. The second-order valence-electron chi connectivity index (χ2n) is 3.21. The fourth-order valence-electron chi connectivity index (χ4n) is 1.06. The monoisotopic (exact) mass is 201 g/mol. The molecule has 0 spiro atoms. The van der Waals surface area contributed by atoms with Crippen molar-refractivity contribution in [2.75, 3.05) is 13.2 Å². The zero-order chi connectivity index (χ0) is 11.0. The average molecular weight is 201 g/mol. The molecule has 1 unspecified atom stereocenters. The van der Waals surface area contributed by atoms with Gasteiger partial charge in [0.15, 0.2) is 0 Å². The smallest absolute Gasteiger partial charge is 0.331 e. The minimum Gasteiger partial charge on any atom is -0.478 e. The van der Waals surface area contributed by atoms with E-state index in [2.05, 4.69) is 5.32 Å². The van der Waals surface area contributed by atoms with E-state index in [1.165, 1.54) is 0 Å². The van der Waals surface area contributed by atoms with Crippen molar-refractivity contribution in [2.24, 2.45) is 0 Å². The molecule has 0 aliphatic heterocycles.